The largest absolute Gasteiger partial charge is 0.337 e. The fourth-order valence-corrected chi connectivity index (χ4v) is 3.04. The molecule has 1 aromatic carbocycles. The normalized spacial score (nSPS) is 13.0. The molecule has 0 N–H and O–H groups in total. The second kappa shape index (κ2) is 8.59. The van der Waals surface area contributed by atoms with Crippen LogP contribution in [-0.4, -0.2) is 24.7 Å². The van der Waals surface area contributed by atoms with Gasteiger partial charge >= 0.3 is 0 Å². The van der Waals surface area contributed by atoms with Gasteiger partial charge in [0.05, 0.1) is 5.39 Å². The van der Waals surface area contributed by atoms with E-state index in [0.29, 0.717) is 22.8 Å². The molecular weight excluding hydrogens is 402 g/mol. The summed E-state index contributed by atoms with van der Waals surface area (Å²) >= 11 is 5.75. The first-order valence-electron chi connectivity index (χ1n) is 9.55. The van der Waals surface area contributed by atoms with Gasteiger partial charge < -0.3 is 4.52 Å². The molecule has 5 rings (SSSR count). The number of allylic oxidation sites excluding steroid dienone is 1. The van der Waals surface area contributed by atoms with Crippen molar-refractivity contribution >= 4 is 28.2 Å². The quantitative estimate of drug-likeness (QED) is 0.483. The Balaban J connectivity index is 0.000000185. The first-order valence-corrected chi connectivity index (χ1v) is 9.93. The molecule has 0 atom stereocenters. The van der Waals surface area contributed by atoms with E-state index < -0.39 is 0 Å². The lowest BCUT2D eigenvalue weighted by atomic mass is 10.1. The van der Waals surface area contributed by atoms with E-state index in [9.17, 15) is 4.79 Å². The van der Waals surface area contributed by atoms with Crippen molar-refractivity contribution in [2.24, 2.45) is 0 Å². The van der Waals surface area contributed by atoms with Crippen LogP contribution in [0, 0.1) is 0 Å². The van der Waals surface area contributed by atoms with E-state index in [4.69, 9.17) is 16.1 Å². The third-order valence-corrected chi connectivity index (χ3v) is 4.88. The average molecular weight is 422 g/mol. The number of hydrogen-bond acceptors (Lipinski definition) is 6. The monoisotopic (exact) mass is 421 g/mol. The van der Waals surface area contributed by atoms with Gasteiger partial charge in [-0.3, -0.25) is 9.36 Å². The molecule has 30 heavy (non-hydrogen) atoms. The van der Waals surface area contributed by atoms with Crippen LogP contribution in [0.3, 0.4) is 0 Å². The van der Waals surface area contributed by atoms with Gasteiger partial charge in [0.15, 0.2) is 11.5 Å². The van der Waals surface area contributed by atoms with Crippen LogP contribution in [0.15, 0.2) is 64.8 Å². The summed E-state index contributed by atoms with van der Waals surface area (Å²) in [5.74, 6) is 1.60. The van der Waals surface area contributed by atoms with Crippen molar-refractivity contribution in [2.45, 2.75) is 32.2 Å². The number of hydrogen-bond donors (Lipinski definition) is 0. The average Bonchev–Trinajstić information content (AvgIpc) is 3.50. The molecule has 1 fully saturated rings. The molecule has 3 heterocycles. The molecule has 0 amide bonds. The van der Waals surface area contributed by atoms with Gasteiger partial charge in [0.1, 0.15) is 12.9 Å². The van der Waals surface area contributed by atoms with Gasteiger partial charge in [0.2, 0.25) is 5.89 Å². The molecule has 8 heteroatoms. The summed E-state index contributed by atoms with van der Waals surface area (Å²) in [5.41, 5.74) is 2.43. The van der Waals surface area contributed by atoms with Crippen molar-refractivity contribution in [3.05, 3.63) is 88.2 Å². The van der Waals surface area contributed by atoms with Crippen molar-refractivity contribution < 1.29 is 4.52 Å². The second-order valence-corrected chi connectivity index (χ2v) is 7.60. The highest BCUT2D eigenvalue weighted by Gasteiger charge is 2.28. The molecule has 0 spiro atoms. The van der Waals surface area contributed by atoms with Crippen molar-refractivity contribution in [1.82, 2.24) is 24.7 Å². The summed E-state index contributed by atoms with van der Waals surface area (Å²) in [7, 11) is 0. The van der Waals surface area contributed by atoms with Gasteiger partial charge in [0.25, 0.3) is 5.56 Å². The number of pyridine rings is 1. The molecule has 0 aliphatic heterocycles. The zero-order chi connectivity index (χ0) is 21.1. The molecule has 3 aromatic heterocycles. The van der Waals surface area contributed by atoms with E-state index >= 15 is 0 Å². The maximum atomic E-state index is 12.3. The second-order valence-electron chi connectivity index (χ2n) is 7.16. The smallest absolute Gasteiger partial charge is 0.263 e. The lowest BCUT2D eigenvalue weighted by Crippen LogP contribution is -2.21. The van der Waals surface area contributed by atoms with E-state index in [-0.39, 0.29) is 12.1 Å². The van der Waals surface area contributed by atoms with Crippen LogP contribution in [0.5, 0.6) is 0 Å². The van der Waals surface area contributed by atoms with Crippen LogP contribution in [-0.2, 0) is 6.54 Å². The molecule has 0 bridgehead atoms. The Bertz CT molecular complexity index is 1260. The predicted molar refractivity (Wildman–Crippen MR) is 115 cm³/mol. The van der Waals surface area contributed by atoms with Gasteiger partial charge in [0, 0.05) is 17.1 Å². The fraction of sp³-hybridized carbons (Fsp3) is 0.227. The van der Waals surface area contributed by atoms with Crippen molar-refractivity contribution in [2.75, 3.05) is 0 Å². The third kappa shape index (κ3) is 4.63. The van der Waals surface area contributed by atoms with Crippen molar-refractivity contribution in [3.63, 3.8) is 0 Å². The van der Waals surface area contributed by atoms with Crippen LogP contribution in [0.4, 0.5) is 0 Å². The number of halogens is 1. The van der Waals surface area contributed by atoms with Gasteiger partial charge in [-0.2, -0.15) is 4.98 Å². The lowest BCUT2D eigenvalue weighted by molar-refractivity contribution is 0.364. The first-order chi connectivity index (χ1) is 14.5. The lowest BCUT2D eigenvalue weighted by Gasteiger charge is -2.02. The number of aromatic nitrogens is 5. The molecule has 4 aromatic rings. The number of fused-ring (bicyclic) bond motifs is 1. The molecule has 1 aliphatic carbocycles. The van der Waals surface area contributed by atoms with E-state index in [1.54, 1.807) is 18.3 Å². The summed E-state index contributed by atoms with van der Waals surface area (Å²) in [5, 5.41) is 5.18. The summed E-state index contributed by atoms with van der Waals surface area (Å²) in [6.45, 7) is 6.00. The Morgan fingerprint density at radius 3 is 2.80 bits per heavy atom. The number of rotatable bonds is 4. The summed E-state index contributed by atoms with van der Waals surface area (Å²) < 4.78 is 6.63. The molecule has 1 saturated carbocycles. The zero-order valence-corrected chi connectivity index (χ0v) is 17.2. The Hall–Kier alpha value is -3.32. The highest BCUT2D eigenvalue weighted by molar-refractivity contribution is 6.30. The summed E-state index contributed by atoms with van der Waals surface area (Å²) in [6.07, 6.45) is 5.29. The van der Waals surface area contributed by atoms with Crippen LogP contribution < -0.4 is 5.56 Å². The zero-order valence-electron chi connectivity index (χ0n) is 16.5. The minimum atomic E-state index is -0.158. The number of benzene rings is 1. The maximum Gasteiger partial charge on any atom is 0.263 e. The Morgan fingerprint density at radius 1 is 1.27 bits per heavy atom. The van der Waals surface area contributed by atoms with E-state index in [1.165, 1.54) is 10.9 Å². The molecule has 0 saturated heterocycles. The molecule has 0 radical (unpaired) electrons. The molecule has 7 nitrogen and oxygen atoms in total. The van der Waals surface area contributed by atoms with Crippen LogP contribution >= 0.6 is 11.6 Å². The van der Waals surface area contributed by atoms with Gasteiger partial charge in [-0.25, -0.2) is 9.97 Å². The molecule has 152 valence electrons. The SMILES string of the molecule is C=C(C)c1cccc(Cl)c1.O=c1c2cccnc2ncn1Cc1nc(C2CC2)no1. The summed E-state index contributed by atoms with van der Waals surface area (Å²) in [4.78, 5) is 24.8. The Morgan fingerprint density at radius 2 is 2.10 bits per heavy atom. The van der Waals surface area contributed by atoms with Gasteiger partial charge in [-0.1, -0.05) is 41.0 Å². The highest BCUT2D eigenvalue weighted by Crippen LogP contribution is 2.38. The minimum Gasteiger partial charge on any atom is -0.337 e. The predicted octanol–water partition coefficient (Wildman–Crippen LogP) is 4.47. The van der Waals surface area contributed by atoms with Crippen LogP contribution in [0.25, 0.3) is 16.6 Å². The summed E-state index contributed by atoms with van der Waals surface area (Å²) in [6, 6.07) is 11.1. The topological polar surface area (TPSA) is 86.7 Å². The molecular formula is C22H20ClN5O2. The van der Waals surface area contributed by atoms with Gasteiger partial charge in [-0.05, 0) is 49.6 Å². The van der Waals surface area contributed by atoms with Crippen LogP contribution in [0.1, 0.15) is 43.0 Å². The Labute approximate surface area is 178 Å². The molecule has 0 unspecified atom stereocenters. The Kier molecular flexibility index (Phi) is 5.72. The van der Waals surface area contributed by atoms with E-state index in [0.717, 1.165) is 34.8 Å². The fourth-order valence-electron chi connectivity index (χ4n) is 2.85. The first kappa shape index (κ1) is 20.0. The highest BCUT2D eigenvalue weighted by atomic mass is 35.5. The third-order valence-electron chi connectivity index (χ3n) is 4.65. The van der Waals surface area contributed by atoms with Crippen molar-refractivity contribution in [3.8, 4) is 0 Å². The van der Waals surface area contributed by atoms with E-state index in [2.05, 4.69) is 26.7 Å². The number of nitrogens with zero attached hydrogens (tertiary/aromatic N) is 5. The van der Waals surface area contributed by atoms with Crippen LogP contribution in [0.2, 0.25) is 5.02 Å². The van der Waals surface area contributed by atoms with Gasteiger partial charge in [-0.15, -0.1) is 0 Å². The van der Waals surface area contributed by atoms with E-state index in [1.807, 2.05) is 31.2 Å². The minimum absolute atomic E-state index is 0.158. The standard InChI is InChI=1S/C13H11N5O2.C9H9Cl/c19-13-9-2-1-5-14-12(9)15-7-18(13)6-10-16-11(17-20-10)8-3-4-8;1-7(2)8-4-3-5-9(10)6-8/h1-2,5,7-8H,3-4,6H2;3-6H,1H2,2H3. The van der Waals surface area contributed by atoms with Crippen molar-refractivity contribution in [1.29, 1.82) is 0 Å². The molecule has 1 aliphatic rings. The maximum absolute atomic E-state index is 12.3.